The number of methoxy groups -OCH3 is 1. The standard InChI is InChI=1S/C19H19NO3/c1-14-18(11-12-22-16-8-4-3-5-9-16)20-19(23-14)15-7-6-10-17(13-15)21-2/h3-10,13H,11-12H2,1-2H3. The van der Waals surface area contributed by atoms with Crippen LogP contribution in [0.5, 0.6) is 11.5 Å². The number of oxazole rings is 1. The van der Waals surface area contributed by atoms with Gasteiger partial charge in [-0.3, -0.25) is 0 Å². The lowest BCUT2D eigenvalue weighted by Crippen LogP contribution is -2.02. The first-order valence-electron chi connectivity index (χ1n) is 7.55. The van der Waals surface area contributed by atoms with E-state index in [1.165, 1.54) is 0 Å². The van der Waals surface area contributed by atoms with E-state index in [9.17, 15) is 0 Å². The summed E-state index contributed by atoms with van der Waals surface area (Å²) in [7, 11) is 1.65. The Balaban J connectivity index is 1.68. The molecule has 3 aromatic rings. The van der Waals surface area contributed by atoms with Crippen LogP contribution in [0.15, 0.2) is 59.0 Å². The second-order valence-electron chi connectivity index (χ2n) is 5.17. The third kappa shape index (κ3) is 3.72. The summed E-state index contributed by atoms with van der Waals surface area (Å²) >= 11 is 0. The Hall–Kier alpha value is -2.75. The molecule has 2 aromatic carbocycles. The second-order valence-corrected chi connectivity index (χ2v) is 5.17. The minimum atomic E-state index is 0.564. The van der Waals surface area contributed by atoms with Crippen molar-refractivity contribution in [3.8, 4) is 23.0 Å². The highest BCUT2D eigenvalue weighted by atomic mass is 16.5. The largest absolute Gasteiger partial charge is 0.497 e. The first-order valence-corrected chi connectivity index (χ1v) is 7.55. The van der Waals surface area contributed by atoms with Gasteiger partial charge in [0.25, 0.3) is 0 Å². The Morgan fingerprint density at radius 1 is 1.00 bits per heavy atom. The molecule has 0 aliphatic carbocycles. The zero-order valence-electron chi connectivity index (χ0n) is 13.3. The molecule has 0 saturated carbocycles. The molecular formula is C19H19NO3. The number of para-hydroxylation sites is 1. The van der Waals surface area contributed by atoms with Crippen molar-refractivity contribution in [2.45, 2.75) is 13.3 Å². The summed E-state index contributed by atoms with van der Waals surface area (Å²) in [5.41, 5.74) is 1.82. The number of rotatable bonds is 6. The SMILES string of the molecule is COc1cccc(-c2nc(CCOc3ccccc3)c(C)o2)c1. The highest BCUT2D eigenvalue weighted by molar-refractivity contribution is 5.56. The molecule has 23 heavy (non-hydrogen) atoms. The number of nitrogens with zero attached hydrogens (tertiary/aromatic N) is 1. The molecule has 4 nitrogen and oxygen atoms in total. The van der Waals surface area contributed by atoms with Crippen molar-refractivity contribution < 1.29 is 13.9 Å². The summed E-state index contributed by atoms with van der Waals surface area (Å²) in [4.78, 5) is 4.58. The predicted molar refractivity (Wildman–Crippen MR) is 88.9 cm³/mol. The molecule has 0 aliphatic rings. The summed E-state index contributed by atoms with van der Waals surface area (Å²) in [5.74, 6) is 3.07. The van der Waals surface area contributed by atoms with Gasteiger partial charge in [0.2, 0.25) is 5.89 Å². The summed E-state index contributed by atoms with van der Waals surface area (Å²) in [6, 6.07) is 17.5. The van der Waals surface area contributed by atoms with Crippen molar-refractivity contribution >= 4 is 0 Å². The van der Waals surface area contributed by atoms with Gasteiger partial charge < -0.3 is 13.9 Å². The molecule has 0 fully saturated rings. The van der Waals surface area contributed by atoms with Gasteiger partial charge in [-0.25, -0.2) is 4.98 Å². The van der Waals surface area contributed by atoms with Crippen LogP contribution in [0.25, 0.3) is 11.5 Å². The smallest absolute Gasteiger partial charge is 0.226 e. The van der Waals surface area contributed by atoms with Gasteiger partial charge in [-0.1, -0.05) is 24.3 Å². The molecule has 0 aliphatic heterocycles. The van der Waals surface area contributed by atoms with Gasteiger partial charge in [-0.05, 0) is 37.3 Å². The van der Waals surface area contributed by atoms with E-state index in [-0.39, 0.29) is 0 Å². The van der Waals surface area contributed by atoms with Crippen molar-refractivity contribution in [3.05, 3.63) is 66.1 Å². The van der Waals surface area contributed by atoms with Crippen LogP contribution in [0.4, 0.5) is 0 Å². The molecule has 0 atom stereocenters. The Morgan fingerprint density at radius 3 is 2.57 bits per heavy atom. The molecule has 0 radical (unpaired) electrons. The summed E-state index contributed by atoms with van der Waals surface area (Å²) in [5, 5.41) is 0. The molecule has 0 N–H and O–H groups in total. The number of aryl methyl sites for hydroxylation is 1. The fourth-order valence-corrected chi connectivity index (χ4v) is 2.32. The van der Waals surface area contributed by atoms with E-state index in [0.717, 1.165) is 28.5 Å². The first-order chi connectivity index (χ1) is 11.3. The molecule has 4 heteroatoms. The van der Waals surface area contributed by atoms with Crippen LogP contribution in [-0.2, 0) is 6.42 Å². The lowest BCUT2D eigenvalue weighted by Gasteiger charge is -2.04. The van der Waals surface area contributed by atoms with Gasteiger partial charge in [0.05, 0.1) is 19.4 Å². The van der Waals surface area contributed by atoms with Gasteiger partial charge in [0.1, 0.15) is 17.3 Å². The molecule has 0 amide bonds. The number of aromatic nitrogens is 1. The molecule has 0 saturated heterocycles. The summed E-state index contributed by atoms with van der Waals surface area (Å²) in [6.45, 7) is 2.49. The average Bonchev–Trinajstić information content (AvgIpc) is 2.97. The van der Waals surface area contributed by atoms with Crippen molar-refractivity contribution in [3.63, 3.8) is 0 Å². The molecular weight excluding hydrogens is 290 g/mol. The molecule has 118 valence electrons. The lowest BCUT2D eigenvalue weighted by molar-refractivity contribution is 0.320. The van der Waals surface area contributed by atoms with Crippen molar-refractivity contribution in [1.29, 1.82) is 0 Å². The number of ether oxygens (including phenoxy) is 2. The van der Waals surface area contributed by atoms with E-state index in [0.29, 0.717) is 18.9 Å². The molecule has 0 bridgehead atoms. The minimum Gasteiger partial charge on any atom is -0.497 e. The quantitative estimate of drug-likeness (QED) is 0.681. The Kier molecular flexibility index (Phi) is 4.62. The zero-order valence-corrected chi connectivity index (χ0v) is 13.3. The van der Waals surface area contributed by atoms with E-state index in [1.54, 1.807) is 7.11 Å². The summed E-state index contributed by atoms with van der Waals surface area (Å²) in [6.07, 6.45) is 0.703. The third-order valence-electron chi connectivity index (χ3n) is 3.56. The molecule has 1 heterocycles. The van der Waals surface area contributed by atoms with E-state index in [2.05, 4.69) is 4.98 Å². The van der Waals surface area contributed by atoms with Crippen LogP contribution in [0.1, 0.15) is 11.5 Å². The minimum absolute atomic E-state index is 0.564. The maximum Gasteiger partial charge on any atom is 0.226 e. The fraction of sp³-hybridized carbons (Fsp3) is 0.211. The van der Waals surface area contributed by atoms with E-state index < -0.39 is 0 Å². The van der Waals surface area contributed by atoms with Gasteiger partial charge >= 0.3 is 0 Å². The second kappa shape index (κ2) is 7.01. The first kappa shape index (κ1) is 15.2. The monoisotopic (exact) mass is 309 g/mol. The molecule has 0 unspecified atom stereocenters. The van der Waals surface area contributed by atoms with Crippen LogP contribution >= 0.6 is 0 Å². The Morgan fingerprint density at radius 2 is 1.78 bits per heavy atom. The van der Waals surface area contributed by atoms with Crippen LogP contribution in [0.3, 0.4) is 0 Å². The maximum absolute atomic E-state index is 5.78. The van der Waals surface area contributed by atoms with Crippen LogP contribution in [-0.4, -0.2) is 18.7 Å². The van der Waals surface area contributed by atoms with Gasteiger partial charge in [-0.2, -0.15) is 0 Å². The van der Waals surface area contributed by atoms with Gasteiger partial charge in [0.15, 0.2) is 0 Å². The van der Waals surface area contributed by atoms with Crippen molar-refractivity contribution in [2.24, 2.45) is 0 Å². The van der Waals surface area contributed by atoms with E-state index >= 15 is 0 Å². The number of hydrogen-bond acceptors (Lipinski definition) is 4. The highest BCUT2D eigenvalue weighted by Crippen LogP contribution is 2.25. The zero-order chi connectivity index (χ0) is 16.1. The number of benzene rings is 2. The van der Waals surface area contributed by atoms with Crippen molar-refractivity contribution in [1.82, 2.24) is 4.98 Å². The van der Waals surface area contributed by atoms with Gasteiger partial charge in [0, 0.05) is 12.0 Å². The normalized spacial score (nSPS) is 10.5. The maximum atomic E-state index is 5.78. The number of hydrogen-bond donors (Lipinski definition) is 0. The Bertz CT molecular complexity index is 765. The summed E-state index contributed by atoms with van der Waals surface area (Å²) < 4.78 is 16.7. The third-order valence-corrected chi connectivity index (χ3v) is 3.56. The topological polar surface area (TPSA) is 44.5 Å². The molecule has 1 aromatic heterocycles. The average molecular weight is 309 g/mol. The van der Waals surface area contributed by atoms with Crippen LogP contribution < -0.4 is 9.47 Å². The van der Waals surface area contributed by atoms with Crippen LogP contribution in [0, 0.1) is 6.92 Å². The van der Waals surface area contributed by atoms with Crippen LogP contribution in [0.2, 0.25) is 0 Å². The Labute approximate surface area is 135 Å². The van der Waals surface area contributed by atoms with E-state index in [1.807, 2.05) is 61.5 Å². The molecule has 3 rings (SSSR count). The van der Waals surface area contributed by atoms with E-state index in [4.69, 9.17) is 13.9 Å². The van der Waals surface area contributed by atoms with Crippen molar-refractivity contribution in [2.75, 3.05) is 13.7 Å². The fourth-order valence-electron chi connectivity index (χ4n) is 2.32. The van der Waals surface area contributed by atoms with Gasteiger partial charge in [-0.15, -0.1) is 0 Å². The predicted octanol–water partition coefficient (Wildman–Crippen LogP) is 4.28. The highest BCUT2D eigenvalue weighted by Gasteiger charge is 2.12. The lowest BCUT2D eigenvalue weighted by atomic mass is 10.2. The molecule has 0 spiro atoms.